The summed E-state index contributed by atoms with van der Waals surface area (Å²) in [6, 6.07) is 19.9. The zero-order valence-corrected chi connectivity index (χ0v) is 15.9. The van der Waals surface area contributed by atoms with Gasteiger partial charge in [-0.1, -0.05) is 58.7 Å². The Morgan fingerprint density at radius 2 is 1.56 bits per heavy atom. The number of anilines is 1. The third kappa shape index (κ3) is 4.71. The van der Waals surface area contributed by atoms with Crippen LogP contribution in [0.1, 0.15) is 10.4 Å². The Hall–Kier alpha value is -1.65. The zero-order chi connectivity index (χ0) is 17.8. The number of benzene rings is 3. The first-order valence-electron chi connectivity index (χ1n) is 7.32. The van der Waals surface area contributed by atoms with E-state index in [2.05, 4.69) is 5.32 Å². The molecule has 0 saturated heterocycles. The summed E-state index contributed by atoms with van der Waals surface area (Å²) in [5.41, 5.74) is 1.06. The van der Waals surface area contributed by atoms with Crippen LogP contribution in [0.4, 0.5) is 5.69 Å². The highest BCUT2D eigenvalue weighted by Gasteiger charge is 2.11. The molecular weight excluding hydrogens is 397 g/mol. The molecule has 25 heavy (non-hydrogen) atoms. The lowest BCUT2D eigenvalue weighted by Gasteiger charge is -2.08. The highest BCUT2D eigenvalue weighted by atomic mass is 35.5. The number of nitrogens with one attached hydrogen (secondary N) is 1. The average Bonchev–Trinajstić information content (AvgIpc) is 2.58. The van der Waals surface area contributed by atoms with Crippen molar-refractivity contribution in [2.75, 3.05) is 5.32 Å². The lowest BCUT2D eigenvalue weighted by molar-refractivity contribution is 0.102. The van der Waals surface area contributed by atoms with Gasteiger partial charge in [0, 0.05) is 20.5 Å². The second kappa shape index (κ2) is 8.15. The molecule has 0 aromatic heterocycles. The van der Waals surface area contributed by atoms with Crippen LogP contribution in [0.3, 0.4) is 0 Å². The van der Waals surface area contributed by atoms with Gasteiger partial charge in [0.1, 0.15) is 0 Å². The SMILES string of the molecule is O=C(Nc1ccc(Sc2ccccc2Cl)cc1)c1ccc(Cl)cc1Cl. The molecule has 0 bridgehead atoms. The fraction of sp³-hybridized carbons (Fsp3) is 0. The van der Waals surface area contributed by atoms with Gasteiger partial charge in [-0.2, -0.15) is 0 Å². The van der Waals surface area contributed by atoms with Gasteiger partial charge in [0.05, 0.1) is 15.6 Å². The molecule has 0 saturated carbocycles. The quantitative estimate of drug-likeness (QED) is 0.501. The van der Waals surface area contributed by atoms with E-state index in [0.717, 1.165) is 9.79 Å². The molecule has 0 aliphatic heterocycles. The minimum Gasteiger partial charge on any atom is -0.322 e. The normalized spacial score (nSPS) is 10.5. The van der Waals surface area contributed by atoms with Crippen LogP contribution in [0, 0.1) is 0 Å². The van der Waals surface area contributed by atoms with Gasteiger partial charge in [-0.3, -0.25) is 4.79 Å². The monoisotopic (exact) mass is 407 g/mol. The molecule has 0 aliphatic rings. The molecule has 0 fully saturated rings. The van der Waals surface area contributed by atoms with Crippen molar-refractivity contribution in [1.82, 2.24) is 0 Å². The first-order valence-corrected chi connectivity index (χ1v) is 9.27. The van der Waals surface area contributed by atoms with Crippen molar-refractivity contribution < 1.29 is 4.79 Å². The molecule has 0 aliphatic carbocycles. The number of rotatable bonds is 4. The summed E-state index contributed by atoms with van der Waals surface area (Å²) >= 11 is 19.6. The first kappa shape index (κ1) is 18.2. The highest BCUT2D eigenvalue weighted by Crippen LogP contribution is 2.33. The van der Waals surface area contributed by atoms with Crippen LogP contribution in [0.5, 0.6) is 0 Å². The van der Waals surface area contributed by atoms with Gasteiger partial charge in [0.2, 0.25) is 0 Å². The number of hydrogen-bond donors (Lipinski definition) is 1. The van der Waals surface area contributed by atoms with E-state index in [9.17, 15) is 4.79 Å². The lowest BCUT2D eigenvalue weighted by Crippen LogP contribution is -2.12. The topological polar surface area (TPSA) is 29.1 Å². The van der Waals surface area contributed by atoms with E-state index in [1.807, 2.05) is 48.5 Å². The number of amides is 1. The Morgan fingerprint density at radius 3 is 2.24 bits per heavy atom. The van der Waals surface area contributed by atoms with Gasteiger partial charge in [0.25, 0.3) is 5.91 Å². The molecule has 0 radical (unpaired) electrons. The Balaban J connectivity index is 1.70. The second-order valence-electron chi connectivity index (χ2n) is 5.14. The van der Waals surface area contributed by atoms with Gasteiger partial charge >= 0.3 is 0 Å². The van der Waals surface area contributed by atoms with Crippen molar-refractivity contribution in [1.29, 1.82) is 0 Å². The standard InChI is InChI=1S/C19H12Cl3NOS/c20-12-5-10-15(17(22)11-12)19(24)23-13-6-8-14(9-7-13)25-18-4-2-1-3-16(18)21/h1-11H,(H,23,24). The highest BCUT2D eigenvalue weighted by molar-refractivity contribution is 7.99. The molecule has 1 amide bonds. The summed E-state index contributed by atoms with van der Waals surface area (Å²) in [5.74, 6) is -0.284. The molecule has 3 rings (SSSR count). The maximum atomic E-state index is 12.3. The third-order valence-corrected chi connectivity index (χ3v) is 5.43. The van der Waals surface area contributed by atoms with Crippen LogP contribution in [0.2, 0.25) is 15.1 Å². The molecule has 0 unspecified atom stereocenters. The predicted octanol–water partition coefficient (Wildman–Crippen LogP) is 7.05. The number of carbonyl (C=O) groups is 1. The Bertz CT molecular complexity index is 913. The molecule has 0 spiro atoms. The molecule has 2 nitrogen and oxygen atoms in total. The van der Waals surface area contributed by atoms with Gasteiger partial charge < -0.3 is 5.32 Å². The maximum Gasteiger partial charge on any atom is 0.257 e. The van der Waals surface area contributed by atoms with Crippen LogP contribution in [0.25, 0.3) is 0 Å². The first-order chi connectivity index (χ1) is 12.0. The zero-order valence-electron chi connectivity index (χ0n) is 12.8. The average molecular weight is 409 g/mol. The van der Waals surface area contributed by atoms with Crippen molar-refractivity contribution in [3.05, 3.63) is 87.4 Å². The van der Waals surface area contributed by atoms with E-state index >= 15 is 0 Å². The van der Waals surface area contributed by atoms with E-state index in [1.54, 1.807) is 30.0 Å². The third-order valence-electron chi connectivity index (χ3n) is 3.35. The van der Waals surface area contributed by atoms with Crippen LogP contribution in [-0.2, 0) is 0 Å². The van der Waals surface area contributed by atoms with Crippen LogP contribution >= 0.6 is 46.6 Å². The van der Waals surface area contributed by atoms with Crippen LogP contribution in [-0.4, -0.2) is 5.91 Å². The molecule has 126 valence electrons. The Labute approximate surface area is 165 Å². The van der Waals surface area contributed by atoms with Crippen molar-refractivity contribution in [2.45, 2.75) is 9.79 Å². The van der Waals surface area contributed by atoms with Gasteiger partial charge in [-0.15, -0.1) is 0 Å². The van der Waals surface area contributed by atoms with Crippen molar-refractivity contribution >= 4 is 58.2 Å². The second-order valence-corrected chi connectivity index (χ2v) is 7.50. The lowest BCUT2D eigenvalue weighted by atomic mass is 10.2. The summed E-state index contributed by atoms with van der Waals surface area (Å²) in [4.78, 5) is 14.3. The summed E-state index contributed by atoms with van der Waals surface area (Å²) < 4.78 is 0. The molecular formula is C19H12Cl3NOS. The van der Waals surface area contributed by atoms with Crippen LogP contribution < -0.4 is 5.32 Å². The predicted molar refractivity (Wildman–Crippen MR) is 106 cm³/mol. The number of halogens is 3. The molecule has 6 heteroatoms. The number of hydrogen-bond acceptors (Lipinski definition) is 2. The fourth-order valence-corrected chi connectivity index (χ4v) is 3.72. The smallest absolute Gasteiger partial charge is 0.257 e. The summed E-state index contributed by atoms with van der Waals surface area (Å²) in [7, 11) is 0. The molecule has 3 aromatic rings. The van der Waals surface area contributed by atoms with Crippen molar-refractivity contribution in [3.8, 4) is 0 Å². The fourth-order valence-electron chi connectivity index (χ4n) is 2.13. The van der Waals surface area contributed by atoms with E-state index in [1.165, 1.54) is 0 Å². The van der Waals surface area contributed by atoms with E-state index in [0.29, 0.717) is 26.3 Å². The van der Waals surface area contributed by atoms with E-state index in [4.69, 9.17) is 34.8 Å². The van der Waals surface area contributed by atoms with Crippen molar-refractivity contribution in [3.63, 3.8) is 0 Å². The van der Waals surface area contributed by atoms with E-state index < -0.39 is 0 Å². The maximum absolute atomic E-state index is 12.3. The minimum absolute atomic E-state index is 0.284. The van der Waals surface area contributed by atoms with Gasteiger partial charge in [0.15, 0.2) is 0 Å². The van der Waals surface area contributed by atoms with Crippen molar-refractivity contribution in [2.24, 2.45) is 0 Å². The minimum atomic E-state index is -0.284. The van der Waals surface area contributed by atoms with E-state index in [-0.39, 0.29) is 5.91 Å². The number of carbonyl (C=O) groups excluding carboxylic acids is 1. The van der Waals surface area contributed by atoms with Gasteiger partial charge in [-0.25, -0.2) is 0 Å². The molecule has 1 N–H and O–H groups in total. The van der Waals surface area contributed by atoms with Crippen LogP contribution in [0.15, 0.2) is 76.5 Å². The summed E-state index contributed by atoms with van der Waals surface area (Å²) in [6.07, 6.45) is 0. The largest absolute Gasteiger partial charge is 0.322 e. The Kier molecular flexibility index (Phi) is 5.92. The molecule has 0 atom stereocenters. The summed E-state index contributed by atoms with van der Waals surface area (Å²) in [6.45, 7) is 0. The Morgan fingerprint density at radius 1 is 0.840 bits per heavy atom. The molecule has 0 heterocycles. The molecule has 3 aromatic carbocycles. The summed E-state index contributed by atoms with van der Waals surface area (Å²) in [5, 5.41) is 4.33. The van der Waals surface area contributed by atoms with Gasteiger partial charge in [-0.05, 0) is 54.6 Å².